The fourth-order valence-corrected chi connectivity index (χ4v) is 2.63. The van der Waals surface area contributed by atoms with E-state index in [4.69, 9.17) is 4.74 Å². The monoisotopic (exact) mass is 336 g/mol. The van der Waals surface area contributed by atoms with Gasteiger partial charge in [-0.1, -0.05) is 12.1 Å². The highest BCUT2D eigenvalue weighted by atomic mass is 16.5. The molecule has 4 aromatic rings. The van der Waals surface area contributed by atoms with Crippen LogP contribution in [-0.2, 0) is 6.54 Å². The lowest BCUT2D eigenvalue weighted by molar-refractivity contribution is 0.0899. The maximum atomic E-state index is 10.3. The van der Waals surface area contributed by atoms with Gasteiger partial charge in [0, 0.05) is 23.3 Å². The number of nitrogens with zero attached hydrogens (tertiary/aromatic N) is 5. The molecule has 2 N–H and O–H groups in total. The number of ether oxygens (including phenoxy) is 1. The first kappa shape index (κ1) is 15.3. The van der Waals surface area contributed by atoms with Gasteiger partial charge >= 0.3 is 0 Å². The average Bonchev–Trinajstić information content (AvgIpc) is 3.30. The molecule has 4 rings (SSSR count). The molecule has 8 nitrogen and oxygen atoms in total. The van der Waals surface area contributed by atoms with Crippen molar-refractivity contribution in [1.29, 1.82) is 0 Å². The van der Waals surface area contributed by atoms with E-state index < -0.39 is 6.10 Å². The number of aliphatic hydroxyl groups is 1. The van der Waals surface area contributed by atoms with Gasteiger partial charge in [-0.3, -0.25) is 4.98 Å². The van der Waals surface area contributed by atoms with E-state index in [2.05, 4.69) is 25.5 Å². The Bertz CT molecular complexity index is 965. The molecule has 126 valence electrons. The van der Waals surface area contributed by atoms with Crippen LogP contribution in [0.25, 0.3) is 22.4 Å². The van der Waals surface area contributed by atoms with Gasteiger partial charge in [0.2, 0.25) is 5.82 Å². The van der Waals surface area contributed by atoms with Crippen LogP contribution in [-0.4, -0.2) is 48.0 Å². The number of hydrogen-bond donors (Lipinski definition) is 2. The van der Waals surface area contributed by atoms with E-state index >= 15 is 0 Å². The van der Waals surface area contributed by atoms with Crippen LogP contribution in [0.1, 0.15) is 0 Å². The van der Waals surface area contributed by atoms with Gasteiger partial charge in [0.1, 0.15) is 24.2 Å². The minimum atomic E-state index is -0.764. The number of aromatic amines is 1. The summed E-state index contributed by atoms with van der Waals surface area (Å²) >= 11 is 0. The van der Waals surface area contributed by atoms with Crippen molar-refractivity contribution >= 4 is 10.9 Å². The van der Waals surface area contributed by atoms with Crippen LogP contribution >= 0.6 is 0 Å². The summed E-state index contributed by atoms with van der Waals surface area (Å²) in [4.78, 5) is 7.36. The second kappa shape index (κ2) is 6.70. The van der Waals surface area contributed by atoms with Gasteiger partial charge < -0.3 is 14.8 Å². The van der Waals surface area contributed by atoms with Crippen LogP contribution in [0.4, 0.5) is 0 Å². The molecule has 0 aliphatic heterocycles. The molecular formula is C17H16N6O2. The Hall–Kier alpha value is -3.26. The van der Waals surface area contributed by atoms with Crippen LogP contribution in [0.15, 0.2) is 54.9 Å². The predicted octanol–water partition coefficient (Wildman–Crippen LogP) is 1.66. The van der Waals surface area contributed by atoms with Gasteiger partial charge in [-0.2, -0.15) is 0 Å². The number of benzene rings is 1. The molecule has 0 spiro atoms. The Kier molecular flexibility index (Phi) is 4.09. The molecule has 0 aliphatic rings. The molecule has 3 heterocycles. The van der Waals surface area contributed by atoms with Crippen LogP contribution in [0.5, 0.6) is 5.75 Å². The number of aromatic nitrogens is 6. The predicted molar refractivity (Wildman–Crippen MR) is 90.8 cm³/mol. The summed E-state index contributed by atoms with van der Waals surface area (Å²) in [6.45, 7) is 0.341. The van der Waals surface area contributed by atoms with Gasteiger partial charge in [0.05, 0.1) is 6.54 Å². The zero-order valence-corrected chi connectivity index (χ0v) is 13.3. The number of rotatable bonds is 6. The number of aliphatic hydroxyl groups excluding tert-OH is 1. The van der Waals surface area contributed by atoms with Gasteiger partial charge in [-0.25, -0.2) is 4.68 Å². The van der Waals surface area contributed by atoms with Crippen molar-refractivity contribution in [3.8, 4) is 17.3 Å². The normalized spacial score (nSPS) is 12.4. The lowest BCUT2D eigenvalue weighted by Crippen LogP contribution is -2.24. The van der Waals surface area contributed by atoms with E-state index in [1.807, 2.05) is 48.7 Å². The number of fused-ring (bicyclic) bond motifs is 1. The molecule has 0 aliphatic carbocycles. The second-order valence-electron chi connectivity index (χ2n) is 5.56. The maximum Gasteiger partial charge on any atom is 0.200 e. The van der Waals surface area contributed by atoms with E-state index in [-0.39, 0.29) is 13.2 Å². The van der Waals surface area contributed by atoms with Crippen molar-refractivity contribution in [2.45, 2.75) is 12.6 Å². The molecular weight excluding hydrogens is 320 g/mol. The molecule has 0 fully saturated rings. The smallest absolute Gasteiger partial charge is 0.200 e. The number of nitrogens with one attached hydrogen (secondary N) is 1. The average molecular weight is 336 g/mol. The lowest BCUT2D eigenvalue weighted by Gasteiger charge is -2.13. The van der Waals surface area contributed by atoms with E-state index in [9.17, 15) is 5.11 Å². The molecule has 8 heteroatoms. The number of pyridine rings is 1. The van der Waals surface area contributed by atoms with Gasteiger partial charge in [-0.05, 0) is 40.8 Å². The standard InChI is InChI=1S/C17H16N6O2/c24-12(11-25-16-6-3-5-14-13(16)7-9-19-14)10-23-17(20-21-22-23)15-4-1-2-8-18-15/h1-9,12,19,24H,10-11H2/t12-/m0/s1. The Morgan fingerprint density at radius 3 is 3.00 bits per heavy atom. The minimum Gasteiger partial charge on any atom is -0.490 e. The molecule has 1 atom stereocenters. The van der Waals surface area contributed by atoms with Crippen LogP contribution in [0.2, 0.25) is 0 Å². The first-order valence-corrected chi connectivity index (χ1v) is 7.86. The molecule has 0 bridgehead atoms. The molecule has 0 unspecified atom stereocenters. The van der Waals surface area contributed by atoms with Crippen molar-refractivity contribution in [1.82, 2.24) is 30.2 Å². The summed E-state index contributed by atoms with van der Waals surface area (Å²) in [5.74, 6) is 1.23. The summed E-state index contributed by atoms with van der Waals surface area (Å²) in [7, 11) is 0. The summed E-state index contributed by atoms with van der Waals surface area (Å²) < 4.78 is 7.29. The van der Waals surface area contributed by atoms with E-state index in [0.717, 1.165) is 16.7 Å². The summed E-state index contributed by atoms with van der Waals surface area (Å²) in [5.41, 5.74) is 1.64. The van der Waals surface area contributed by atoms with E-state index in [1.165, 1.54) is 4.68 Å². The largest absolute Gasteiger partial charge is 0.490 e. The first-order chi connectivity index (χ1) is 12.3. The summed E-state index contributed by atoms with van der Waals surface area (Å²) in [6, 6.07) is 13.2. The Labute approximate surface area is 143 Å². The fraction of sp³-hybridized carbons (Fsp3) is 0.176. The van der Waals surface area contributed by atoms with E-state index in [1.54, 1.807) is 6.20 Å². The highest BCUT2D eigenvalue weighted by molar-refractivity contribution is 5.85. The third-order valence-electron chi connectivity index (χ3n) is 3.80. The summed E-state index contributed by atoms with van der Waals surface area (Å²) in [6.07, 6.45) is 2.76. The van der Waals surface area contributed by atoms with Gasteiger partial charge in [0.15, 0.2) is 0 Å². The first-order valence-electron chi connectivity index (χ1n) is 7.86. The highest BCUT2D eigenvalue weighted by Crippen LogP contribution is 2.24. The molecule has 0 saturated heterocycles. The van der Waals surface area contributed by atoms with Crippen LogP contribution < -0.4 is 4.74 Å². The van der Waals surface area contributed by atoms with Crippen LogP contribution in [0.3, 0.4) is 0 Å². The number of hydrogen-bond acceptors (Lipinski definition) is 6. The van der Waals surface area contributed by atoms with Crippen LogP contribution in [0, 0.1) is 0 Å². The summed E-state index contributed by atoms with van der Waals surface area (Å²) in [5, 5.41) is 22.9. The Morgan fingerprint density at radius 1 is 1.16 bits per heavy atom. The van der Waals surface area contributed by atoms with Crippen molar-refractivity contribution in [3.63, 3.8) is 0 Å². The SMILES string of the molecule is O[C@H](COc1cccc2[nH]ccc12)Cn1nnnc1-c1ccccn1. The Morgan fingerprint density at radius 2 is 2.12 bits per heavy atom. The molecule has 25 heavy (non-hydrogen) atoms. The lowest BCUT2D eigenvalue weighted by atomic mass is 10.2. The molecule has 0 radical (unpaired) electrons. The van der Waals surface area contributed by atoms with E-state index in [0.29, 0.717) is 11.5 Å². The van der Waals surface area contributed by atoms with Crippen molar-refractivity contribution in [2.75, 3.05) is 6.61 Å². The fourth-order valence-electron chi connectivity index (χ4n) is 2.63. The molecule has 1 aromatic carbocycles. The highest BCUT2D eigenvalue weighted by Gasteiger charge is 2.15. The van der Waals surface area contributed by atoms with Crippen molar-refractivity contribution < 1.29 is 9.84 Å². The quantitative estimate of drug-likeness (QED) is 0.555. The zero-order chi connectivity index (χ0) is 17.1. The second-order valence-corrected chi connectivity index (χ2v) is 5.56. The number of tetrazole rings is 1. The third kappa shape index (κ3) is 3.20. The molecule has 0 amide bonds. The van der Waals surface area contributed by atoms with Gasteiger partial charge in [0.25, 0.3) is 0 Å². The molecule has 3 aromatic heterocycles. The van der Waals surface area contributed by atoms with Gasteiger partial charge in [-0.15, -0.1) is 5.10 Å². The minimum absolute atomic E-state index is 0.131. The zero-order valence-electron chi connectivity index (χ0n) is 13.3. The Balaban J connectivity index is 1.44. The molecule has 0 saturated carbocycles. The topological polar surface area (TPSA) is 102 Å². The van der Waals surface area contributed by atoms with Crippen molar-refractivity contribution in [2.24, 2.45) is 0 Å². The van der Waals surface area contributed by atoms with Crippen molar-refractivity contribution in [3.05, 3.63) is 54.9 Å². The number of H-pyrrole nitrogens is 1. The maximum absolute atomic E-state index is 10.3. The third-order valence-corrected chi connectivity index (χ3v) is 3.80.